The molecule has 0 unspecified atom stereocenters. The molecule has 0 aliphatic heterocycles. The van der Waals surface area contributed by atoms with Crippen molar-refractivity contribution in [1.29, 1.82) is 5.26 Å². The van der Waals surface area contributed by atoms with Gasteiger partial charge in [-0.1, -0.05) is 38.8 Å². The number of nitriles is 1. The number of nitrogens with one attached hydrogen (secondary N) is 1. The van der Waals surface area contributed by atoms with Crippen molar-refractivity contribution in [3.8, 4) is 6.07 Å². The van der Waals surface area contributed by atoms with E-state index in [1.807, 2.05) is 33.8 Å². The van der Waals surface area contributed by atoms with Crippen LogP contribution in [-0.2, 0) is 10.2 Å². The Labute approximate surface area is 139 Å². The molecule has 0 saturated heterocycles. The lowest BCUT2D eigenvalue weighted by Gasteiger charge is -2.31. The fraction of sp³-hybridized carbons (Fsp3) is 0.579. The lowest BCUT2D eigenvalue weighted by Crippen LogP contribution is -2.48. The van der Waals surface area contributed by atoms with Gasteiger partial charge in [-0.05, 0) is 44.4 Å². The van der Waals surface area contributed by atoms with Crippen LogP contribution in [0, 0.1) is 11.3 Å². The number of amides is 1. The molecule has 0 heterocycles. The first kappa shape index (κ1) is 19.2. The van der Waals surface area contributed by atoms with Gasteiger partial charge in [-0.25, -0.2) is 0 Å². The number of hydrogen-bond acceptors (Lipinski definition) is 3. The summed E-state index contributed by atoms with van der Waals surface area (Å²) in [6.07, 6.45) is 3.09. The van der Waals surface area contributed by atoms with Crippen molar-refractivity contribution in [3.63, 3.8) is 0 Å². The molecule has 4 nitrogen and oxygen atoms in total. The maximum absolute atomic E-state index is 12.6. The first-order valence-electron chi connectivity index (χ1n) is 8.30. The van der Waals surface area contributed by atoms with Gasteiger partial charge < -0.3 is 10.4 Å². The van der Waals surface area contributed by atoms with E-state index in [1.165, 1.54) is 0 Å². The van der Waals surface area contributed by atoms with E-state index in [9.17, 15) is 9.90 Å². The zero-order valence-electron chi connectivity index (χ0n) is 14.6. The van der Waals surface area contributed by atoms with Crippen molar-refractivity contribution < 1.29 is 9.90 Å². The third-order valence-electron chi connectivity index (χ3n) is 4.29. The van der Waals surface area contributed by atoms with Crippen LogP contribution in [0.4, 0.5) is 0 Å². The number of aliphatic hydroxyl groups is 1. The molecule has 126 valence electrons. The van der Waals surface area contributed by atoms with Crippen molar-refractivity contribution in [2.45, 2.75) is 64.4 Å². The van der Waals surface area contributed by atoms with Crippen LogP contribution in [0.25, 0.3) is 0 Å². The molecule has 0 saturated carbocycles. The summed E-state index contributed by atoms with van der Waals surface area (Å²) in [4.78, 5) is 12.6. The molecule has 1 aromatic carbocycles. The average Bonchev–Trinajstić information content (AvgIpc) is 2.53. The van der Waals surface area contributed by atoms with Crippen LogP contribution in [-0.4, -0.2) is 23.2 Å². The van der Waals surface area contributed by atoms with Gasteiger partial charge in [0.2, 0.25) is 5.91 Å². The number of benzene rings is 1. The molecule has 4 heteroatoms. The first-order valence-corrected chi connectivity index (χ1v) is 8.30. The Kier molecular flexibility index (Phi) is 6.78. The van der Waals surface area contributed by atoms with E-state index in [0.29, 0.717) is 18.4 Å². The highest BCUT2D eigenvalue weighted by atomic mass is 16.3. The summed E-state index contributed by atoms with van der Waals surface area (Å²) in [6.45, 7) is 7.98. The second-order valence-corrected chi connectivity index (χ2v) is 6.72. The molecule has 0 aromatic heterocycles. The van der Waals surface area contributed by atoms with E-state index in [1.54, 1.807) is 18.2 Å². The Morgan fingerprint density at radius 1 is 1.26 bits per heavy atom. The normalized spacial score (nSPS) is 11.8. The van der Waals surface area contributed by atoms with Gasteiger partial charge in [0.15, 0.2) is 0 Å². The van der Waals surface area contributed by atoms with Crippen molar-refractivity contribution in [2.75, 3.05) is 6.54 Å². The molecule has 0 fully saturated rings. The number of rotatable bonds is 8. The second kappa shape index (κ2) is 8.12. The largest absolute Gasteiger partial charge is 0.388 e. The predicted octanol–water partition coefficient (Wildman–Crippen LogP) is 3.28. The lowest BCUT2D eigenvalue weighted by atomic mass is 9.82. The quantitative estimate of drug-likeness (QED) is 0.773. The summed E-state index contributed by atoms with van der Waals surface area (Å²) in [5.41, 5.74) is -0.268. The number of hydrogen-bond donors (Lipinski definition) is 2. The molecule has 0 bridgehead atoms. The zero-order chi connectivity index (χ0) is 17.5. The minimum Gasteiger partial charge on any atom is -0.388 e. The Morgan fingerprint density at radius 2 is 1.87 bits per heavy atom. The molecule has 0 aliphatic carbocycles. The summed E-state index contributed by atoms with van der Waals surface area (Å²) < 4.78 is 0. The van der Waals surface area contributed by atoms with Gasteiger partial charge in [0.1, 0.15) is 0 Å². The van der Waals surface area contributed by atoms with Gasteiger partial charge in [-0.15, -0.1) is 0 Å². The van der Waals surface area contributed by atoms with E-state index < -0.39 is 11.0 Å². The topological polar surface area (TPSA) is 73.1 Å². The van der Waals surface area contributed by atoms with Gasteiger partial charge >= 0.3 is 0 Å². The fourth-order valence-electron chi connectivity index (χ4n) is 2.81. The highest BCUT2D eigenvalue weighted by molar-refractivity contribution is 5.87. The predicted molar refractivity (Wildman–Crippen MR) is 92.0 cm³/mol. The molecule has 1 aromatic rings. The summed E-state index contributed by atoms with van der Waals surface area (Å²) in [6, 6.07) is 9.19. The lowest BCUT2D eigenvalue weighted by molar-refractivity contribution is -0.127. The minimum absolute atomic E-state index is 0.141. The summed E-state index contributed by atoms with van der Waals surface area (Å²) in [5, 5.41) is 22.5. The van der Waals surface area contributed by atoms with Gasteiger partial charge in [-0.3, -0.25) is 4.79 Å². The monoisotopic (exact) mass is 316 g/mol. The van der Waals surface area contributed by atoms with Gasteiger partial charge in [0, 0.05) is 6.54 Å². The molecule has 2 N–H and O–H groups in total. The molecule has 23 heavy (non-hydrogen) atoms. The Balaban J connectivity index is 2.84. The summed E-state index contributed by atoms with van der Waals surface area (Å²) in [5.74, 6) is -0.141. The van der Waals surface area contributed by atoms with E-state index in [-0.39, 0.29) is 12.5 Å². The SMILES string of the molecule is CCCC(O)(CCC)CNC(=O)C(C)(C)c1cccc(C#N)c1. The van der Waals surface area contributed by atoms with Gasteiger partial charge in [-0.2, -0.15) is 5.26 Å². The van der Waals surface area contributed by atoms with E-state index in [0.717, 1.165) is 18.4 Å². The van der Waals surface area contributed by atoms with Crippen molar-refractivity contribution >= 4 is 5.91 Å². The molecule has 1 amide bonds. The van der Waals surface area contributed by atoms with Crippen molar-refractivity contribution in [2.24, 2.45) is 0 Å². The molecule has 0 radical (unpaired) electrons. The number of carbonyl (C=O) groups excluding carboxylic acids is 1. The molecular formula is C19H28N2O2. The first-order chi connectivity index (χ1) is 10.8. The molecule has 0 spiro atoms. The summed E-state index contributed by atoms with van der Waals surface area (Å²) >= 11 is 0. The summed E-state index contributed by atoms with van der Waals surface area (Å²) in [7, 11) is 0. The van der Waals surface area contributed by atoms with Crippen LogP contribution in [0.5, 0.6) is 0 Å². The maximum atomic E-state index is 12.6. The molecule has 0 aliphatic rings. The smallest absolute Gasteiger partial charge is 0.230 e. The minimum atomic E-state index is -0.844. The van der Waals surface area contributed by atoms with Crippen LogP contribution < -0.4 is 5.32 Å². The van der Waals surface area contributed by atoms with Crippen LogP contribution in [0.15, 0.2) is 24.3 Å². The Morgan fingerprint density at radius 3 is 2.39 bits per heavy atom. The number of nitrogens with zero attached hydrogens (tertiary/aromatic N) is 1. The average molecular weight is 316 g/mol. The maximum Gasteiger partial charge on any atom is 0.230 e. The van der Waals surface area contributed by atoms with Crippen LogP contribution in [0.1, 0.15) is 64.5 Å². The van der Waals surface area contributed by atoms with Crippen molar-refractivity contribution in [1.82, 2.24) is 5.32 Å². The highest BCUT2D eigenvalue weighted by Gasteiger charge is 2.32. The van der Waals surface area contributed by atoms with Crippen LogP contribution in [0.2, 0.25) is 0 Å². The molecule has 0 atom stereocenters. The Hall–Kier alpha value is -1.86. The van der Waals surface area contributed by atoms with Gasteiger partial charge in [0.25, 0.3) is 0 Å². The van der Waals surface area contributed by atoms with E-state index in [2.05, 4.69) is 11.4 Å². The van der Waals surface area contributed by atoms with E-state index in [4.69, 9.17) is 5.26 Å². The highest BCUT2D eigenvalue weighted by Crippen LogP contribution is 2.25. The standard InChI is InChI=1S/C19H28N2O2/c1-5-10-19(23,11-6-2)14-21-17(22)18(3,4)16-9-7-8-15(12-16)13-20/h7-9,12,23H,5-6,10-11,14H2,1-4H3,(H,21,22). The van der Waals surface area contributed by atoms with Crippen LogP contribution in [0.3, 0.4) is 0 Å². The Bertz CT molecular complexity index is 567. The molecule has 1 rings (SSSR count). The second-order valence-electron chi connectivity index (χ2n) is 6.72. The third kappa shape index (κ3) is 5.07. The number of carbonyl (C=O) groups is 1. The van der Waals surface area contributed by atoms with Gasteiger partial charge in [0.05, 0.1) is 22.6 Å². The zero-order valence-corrected chi connectivity index (χ0v) is 14.6. The fourth-order valence-corrected chi connectivity index (χ4v) is 2.81. The molecular weight excluding hydrogens is 288 g/mol. The third-order valence-corrected chi connectivity index (χ3v) is 4.29. The van der Waals surface area contributed by atoms with E-state index >= 15 is 0 Å². The van der Waals surface area contributed by atoms with Crippen LogP contribution >= 0.6 is 0 Å². The van der Waals surface area contributed by atoms with Crippen molar-refractivity contribution in [3.05, 3.63) is 35.4 Å².